The number of benzene rings is 1. The lowest BCUT2D eigenvalue weighted by molar-refractivity contribution is -0.123. The lowest BCUT2D eigenvalue weighted by Crippen LogP contribution is -2.40. The smallest absolute Gasteiger partial charge is 0.321 e. The fourth-order valence-electron chi connectivity index (χ4n) is 3.66. The second kappa shape index (κ2) is 6.49. The number of hydrogen-bond acceptors (Lipinski definition) is 4. The Balaban J connectivity index is 1.54. The van der Waals surface area contributed by atoms with Gasteiger partial charge in [-0.1, -0.05) is 19.1 Å². The average molecular weight is 383 g/mol. The van der Waals surface area contributed by atoms with Gasteiger partial charge < -0.3 is 10.6 Å². The van der Waals surface area contributed by atoms with E-state index in [0.717, 1.165) is 12.8 Å². The predicted octanol–water partition coefficient (Wildman–Crippen LogP) is 3.18. The molecule has 1 aliphatic heterocycles. The molecule has 0 spiro atoms. The first-order valence-corrected chi connectivity index (χ1v) is 9.84. The number of aryl methyl sites for hydroxylation is 1. The Morgan fingerprint density at radius 2 is 2.11 bits per heavy atom. The summed E-state index contributed by atoms with van der Waals surface area (Å²) in [6.07, 6.45) is 3.24. The summed E-state index contributed by atoms with van der Waals surface area (Å²) in [5.41, 5.74) is 1.35. The number of carbonyl (C=O) groups is 3. The molecule has 2 atom stereocenters. The van der Waals surface area contributed by atoms with Gasteiger partial charge in [0, 0.05) is 10.6 Å². The van der Waals surface area contributed by atoms with Gasteiger partial charge in [0.05, 0.1) is 4.88 Å². The molecule has 1 aliphatic carbocycles. The second-order valence-electron chi connectivity index (χ2n) is 7.48. The van der Waals surface area contributed by atoms with Crippen molar-refractivity contribution in [2.45, 2.75) is 38.6 Å². The molecular formula is C20H21N3O3S. The van der Waals surface area contributed by atoms with Crippen LogP contribution >= 0.6 is 11.3 Å². The molecule has 1 saturated heterocycles. The second-order valence-corrected chi connectivity index (χ2v) is 8.61. The Labute approximate surface area is 161 Å². The summed E-state index contributed by atoms with van der Waals surface area (Å²) in [6, 6.07) is 8.49. The van der Waals surface area contributed by atoms with Gasteiger partial charge >= 0.3 is 6.03 Å². The van der Waals surface area contributed by atoms with Crippen molar-refractivity contribution in [3.8, 4) is 0 Å². The van der Waals surface area contributed by atoms with Gasteiger partial charge in [-0.2, -0.15) is 0 Å². The molecule has 3 N–H and O–H groups in total. The third-order valence-electron chi connectivity index (χ3n) is 5.30. The number of fused-ring (bicyclic) bond motifs is 1. The monoisotopic (exact) mass is 383 g/mol. The molecule has 2 aliphatic rings. The van der Waals surface area contributed by atoms with Crippen molar-refractivity contribution in [2.24, 2.45) is 5.92 Å². The molecule has 0 saturated carbocycles. The first-order chi connectivity index (χ1) is 12.8. The molecular weight excluding hydrogens is 362 g/mol. The van der Waals surface area contributed by atoms with Crippen molar-refractivity contribution in [1.29, 1.82) is 0 Å². The summed E-state index contributed by atoms with van der Waals surface area (Å²) in [5.74, 6) is 0.105. The van der Waals surface area contributed by atoms with E-state index in [1.165, 1.54) is 16.9 Å². The highest BCUT2D eigenvalue weighted by Crippen LogP contribution is 2.33. The van der Waals surface area contributed by atoms with Crippen LogP contribution in [0, 0.1) is 5.92 Å². The SMILES string of the molecule is CC1CCc2sc(C(=O)Nc3cccc(C4(C)NC(=O)NC4=O)c3)cc2C1. The van der Waals surface area contributed by atoms with Crippen molar-refractivity contribution in [3.05, 3.63) is 51.2 Å². The minimum absolute atomic E-state index is 0.149. The largest absolute Gasteiger partial charge is 0.322 e. The minimum Gasteiger partial charge on any atom is -0.321 e. The van der Waals surface area contributed by atoms with E-state index in [1.807, 2.05) is 6.07 Å². The highest BCUT2D eigenvalue weighted by Gasteiger charge is 2.43. The number of hydrogen-bond donors (Lipinski definition) is 3. The number of carbonyl (C=O) groups excluding carboxylic acids is 3. The fraction of sp³-hybridized carbons (Fsp3) is 0.350. The van der Waals surface area contributed by atoms with Crippen molar-refractivity contribution >= 4 is 34.9 Å². The molecule has 2 heterocycles. The summed E-state index contributed by atoms with van der Waals surface area (Å²) >= 11 is 1.56. The first kappa shape index (κ1) is 17.7. The molecule has 2 aromatic rings. The van der Waals surface area contributed by atoms with Gasteiger partial charge in [-0.3, -0.25) is 14.9 Å². The number of nitrogens with one attached hydrogen (secondary N) is 3. The Morgan fingerprint density at radius 3 is 2.85 bits per heavy atom. The Kier molecular flexibility index (Phi) is 4.26. The van der Waals surface area contributed by atoms with Crippen LogP contribution in [0.1, 0.15) is 45.9 Å². The fourth-order valence-corrected chi connectivity index (χ4v) is 4.77. The van der Waals surface area contributed by atoms with Gasteiger partial charge in [0.2, 0.25) is 0 Å². The van der Waals surface area contributed by atoms with Gasteiger partial charge in [-0.15, -0.1) is 11.3 Å². The summed E-state index contributed by atoms with van der Waals surface area (Å²) < 4.78 is 0. The van der Waals surface area contributed by atoms with Gasteiger partial charge in [-0.05, 0) is 61.4 Å². The number of rotatable bonds is 3. The quantitative estimate of drug-likeness (QED) is 0.712. The van der Waals surface area contributed by atoms with Crippen molar-refractivity contribution in [2.75, 3.05) is 5.32 Å². The first-order valence-electron chi connectivity index (χ1n) is 9.02. The summed E-state index contributed by atoms with van der Waals surface area (Å²) in [7, 11) is 0. The standard InChI is InChI=1S/C20H21N3O3S/c1-11-6-7-15-12(8-11)9-16(27-15)17(24)21-14-5-3-4-13(10-14)20(2)18(25)22-19(26)23-20/h3-5,9-11H,6-8H2,1-2H3,(H,21,24)(H2,22,23,25,26). The lowest BCUT2D eigenvalue weighted by atomic mass is 9.90. The number of imide groups is 1. The van der Waals surface area contributed by atoms with Gasteiger partial charge in [-0.25, -0.2) is 4.79 Å². The minimum atomic E-state index is -1.14. The van der Waals surface area contributed by atoms with E-state index in [0.29, 0.717) is 22.0 Å². The van der Waals surface area contributed by atoms with E-state index in [2.05, 4.69) is 22.9 Å². The van der Waals surface area contributed by atoms with Crippen molar-refractivity contribution < 1.29 is 14.4 Å². The van der Waals surface area contributed by atoms with Gasteiger partial charge in [0.1, 0.15) is 5.54 Å². The molecule has 27 heavy (non-hydrogen) atoms. The van der Waals surface area contributed by atoms with Crippen LogP contribution in [0.3, 0.4) is 0 Å². The summed E-state index contributed by atoms with van der Waals surface area (Å²) in [5, 5.41) is 7.80. The summed E-state index contributed by atoms with van der Waals surface area (Å²) in [6.45, 7) is 3.88. The van der Waals surface area contributed by atoms with Gasteiger partial charge in [0.15, 0.2) is 0 Å². The van der Waals surface area contributed by atoms with Gasteiger partial charge in [0.25, 0.3) is 11.8 Å². The zero-order chi connectivity index (χ0) is 19.2. The average Bonchev–Trinajstić information content (AvgIpc) is 3.15. The molecule has 140 valence electrons. The third-order valence-corrected chi connectivity index (χ3v) is 6.53. The number of urea groups is 1. The lowest BCUT2D eigenvalue weighted by Gasteiger charge is -2.21. The van der Waals surface area contributed by atoms with Crippen molar-refractivity contribution in [3.63, 3.8) is 0 Å². The maximum atomic E-state index is 12.7. The molecule has 6 nitrogen and oxygen atoms in total. The van der Waals surface area contributed by atoms with E-state index in [1.54, 1.807) is 42.5 Å². The maximum absolute atomic E-state index is 12.7. The Bertz CT molecular complexity index is 952. The van der Waals surface area contributed by atoms with Crippen LogP contribution in [0.25, 0.3) is 0 Å². The molecule has 1 aromatic carbocycles. The zero-order valence-electron chi connectivity index (χ0n) is 15.2. The number of amides is 4. The molecule has 1 aromatic heterocycles. The van der Waals surface area contributed by atoms with Crippen LogP contribution in [-0.2, 0) is 23.2 Å². The van der Waals surface area contributed by atoms with E-state index in [9.17, 15) is 14.4 Å². The highest BCUT2D eigenvalue weighted by atomic mass is 32.1. The van der Waals surface area contributed by atoms with E-state index in [-0.39, 0.29) is 5.91 Å². The van der Waals surface area contributed by atoms with Crippen LogP contribution in [0.15, 0.2) is 30.3 Å². The van der Waals surface area contributed by atoms with E-state index < -0.39 is 17.5 Å². The molecule has 4 rings (SSSR count). The highest BCUT2D eigenvalue weighted by molar-refractivity contribution is 7.14. The number of anilines is 1. The normalized spacial score (nSPS) is 24.1. The molecule has 0 bridgehead atoms. The Morgan fingerprint density at radius 1 is 1.30 bits per heavy atom. The summed E-state index contributed by atoms with van der Waals surface area (Å²) in [4.78, 5) is 38.3. The topological polar surface area (TPSA) is 87.3 Å². The van der Waals surface area contributed by atoms with Crippen LogP contribution in [0.4, 0.5) is 10.5 Å². The van der Waals surface area contributed by atoms with Crippen LogP contribution in [0.5, 0.6) is 0 Å². The van der Waals surface area contributed by atoms with Crippen LogP contribution < -0.4 is 16.0 Å². The molecule has 2 unspecified atom stereocenters. The molecule has 4 amide bonds. The molecule has 1 fully saturated rings. The van der Waals surface area contributed by atoms with Crippen LogP contribution in [0.2, 0.25) is 0 Å². The van der Waals surface area contributed by atoms with E-state index in [4.69, 9.17) is 0 Å². The van der Waals surface area contributed by atoms with Crippen molar-refractivity contribution in [1.82, 2.24) is 10.6 Å². The Hall–Kier alpha value is -2.67. The molecule has 7 heteroatoms. The number of thiophene rings is 1. The third kappa shape index (κ3) is 3.23. The van der Waals surface area contributed by atoms with E-state index >= 15 is 0 Å². The molecule has 0 radical (unpaired) electrons. The predicted molar refractivity (Wildman–Crippen MR) is 104 cm³/mol. The van der Waals surface area contributed by atoms with Crippen LogP contribution in [-0.4, -0.2) is 17.8 Å². The zero-order valence-corrected chi connectivity index (χ0v) is 16.0. The maximum Gasteiger partial charge on any atom is 0.322 e.